The van der Waals surface area contributed by atoms with Gasteiger partial charge in [0.1, 0.15) is 6.21 Å². The van der Waals surface area contributed by atoms with Gasteiger partial charge in [0.2, 0.25) is 0 Å². The third-order valence-corrected chi connectivity index (χ3v) is 1.35. The number of aliphatic hydroxyl groups excluding tert-OH is 3. The Bertz CT molecular complexity index is 104. The number of hydrogen-bond acceptors (Lipinski definition) is 6. The fraction of sp³-hybridized carbons (Fsp3) is 0.875. The summed E-state index contributed by atoms with van der Waals surface area (Å²) < 4.78 is 0. The molecule has 0 bridgehead atoms. The smallest absolute Gasteiger partial charge is 0.101 e. The minimum absolute atomic E-state index is 0.0694. The molecule has 0 rings (SSSR count). The van der Waals surface area contributed by atoms with Crippen LogP contribution in [0.15, 0.2) is 5.16 Å². The molecule has 0 spiro atoms. The van der Waals surface area contributed by atoms with Gasteiger partial charge in [-0.15, -0.1) is 0 Å². The van der Waals surface area contributed by atoms with E-state index in [1.165, 1.54) is 6.92 Å². The largest absolute Gasteiger partial charge is 0.411 e. The molecule has 85 valence electrons. The van der Waals surface area contributed by atoms with E-state index in [4.69, 9.17) is 20.5 Å². The van der Waals surface area contributed by atoms with Crippen LogP contribution in [0.1, 0.15) is 6.92 Å². The second kappa shape index (κ2) is 14.8. The van der Waals surface area contributed by atoms with Crippen LogP contribution in [-0.4, -0.2) is 71.1 Å². The summed E-state index contributed by atoms with van der Waals surface area (Å²) in [6.45, 7) is 3.27. The molecule has 0 amide bonds. The van der Waals surface area contributed by atoms with Crippen molar-refractivity contribution in [3.05, 3.63) is 0 Å². The van der Waals surface area contributed by atoms with Gasteiger partial charge < -0.3 is 20.5 Å². The Hall–Kier alpha value is -0.690. The van der Waals surface area contributed by atoms with Gasteiger partial charge in [-0.1, -0.05) is 5.16 Å². The fourth-order valence-electron chi connectivity index (χ4n) is 0.760. The van der Waals surface area contributed by atoms with Crippen molar-refractivity contribution in [1.29, 1.82) is 0 Å². The van der Waals surface area contributed by atoms with Crippen LogP contribution < -0.4 is 0 Å². The molecule has 6 heteroatoms. The van der Waals surface area contributed by atoms with Gasteiger partial charge in [-0.25, -0.2) is 0 Å². The lowest BCUT2D eigenvalue weighted by molar-refractivity contribution is 0.136. The molecule has 0 aromatic rings. The second-order valence-electron chi connectivity index (χ2n) is 2.34. The van der Waals surface area contributed by atoms with Crippen LogP contribution >= 0.6 is 0 Å². The van der Waals surface area contributed by atoms with Crippen molar-refractivity contribution in [2.24, 2.45) is 5.16 Å². The highest BCUT2D eigenvalue weighted by Crippen LogP contribution is 1.84. The zero-order valence-electron chi connectivity index (χ0n) is 8.43. The molecular formula is C8H19N2O4. The Morgan fingerprint density at radius 3 is 1.43 bits per heavy atom. The molecule has 14 heavy (non-hydrogen) atoms. The molecule has 0 aromatic heterocycles. The molecule has 4 N–H and O–H groups in total. The van der Waals surface area contributed by atoms with Crippen molar-refractivity contribution < 1.29 is 20.5 Å². The minimum atomic E-state index is 0.0694. The molecule has 0 fully saturated rings. The summed E-state index contributed by atoms with van der Waals surface area (Å²) in [5.41, 5.74) is 0. The van der Waals surface area contributed by atoms with Crippen LogP contribution in [0.25, 0.3) is 0 Å². The lowest BCUT2D eigenvalue weighted by Crippen LogP contribution is -2.32. The topological polar surface area (TPSA) is 96.5 Å². The van der Waals surface area contributed by atoms with Gasteiger partial charge in [0.15, 0.2) is 0 Å². The van der Waals surface area contributed by atoms with Crippen LogP contribution in [-0.2, 0) is 0 Å². The first-order valence-electron chi connectivity index (χ1n) is 4.32. The van der Waals surface area contributed by atoms with Gasteiger partial charge in [0, 0.05) is 19.6 Å². The monoisotopic (exact) mass is 207 g/mol. The van der Waals surface area contributed by atoms with Crippen molar-refractivity contribution in [2.45, 2.75) is 6.92 Å². The molecule has 0 saturated carbocycles. The molecular weight excluding hydrogens is 188 g/mol. The normalized spacial score (nSPS) is 10.4. The van der Waals surface area contributed by atoms with Gasteiger partial charge in [0.05, 0.1) is 19.8 Å². The lowest BCUT2D eigenvalue weighted by atomic mass is 10.4. The molecule has 6 nitrogen and oxygen atoms in total. The molecule has 0 saturated heterocycles. The molecule has 0 aliphatic heterocycles. The molecule has 0 atom stereocenters. The fourth-order valence-corrected chi connectivity index (χ4v) is 0.760. The first-order valence-corrected chi connectivity index (χ1v) is 4.32. The first kappa shape index (κ1) is 15.8. The van der Waals surface area contributed by atoms with Crippen molar-refractivity contribution in [3.63, 3.8) is 0 Å². The van der Waals surface area contributed by atoms with Crippen LogP contribution in [0.4, 0.5) is 0 Å². The summed E-state index contributed by atoms with van der Waals surface area (Å²) in [7, 11) is 0. The maximum absolute atomic E-state index is 8.48. The van der Waals surface area contributed by atoms with E-state index >= 15 is 0 Å². The van der Waals surface area contributed by atoms with Gasteiger partial charge in [0.25, 0.3) is 0 Å². The predicted octanol–water partition coefficient (Wildman–Crippen LogP) is -1.39. The summed E-state index contributed by atoms with van der Waals surface area (Å²) in [6, 6.07) is 0. The molecule has 0 aliphatic carbocycles. The van der Waals surface area contributed by atoms with E-state index < -0.39 is 0 Å². The molecule has 0 aromatic carbocycles. The van der Waals surface area contributed by atoms with Gasteiger partial charge in [-0.3, -0.25) is 4.90 Å². The molecule has 0 heterocycles. The van der Waals surface area contributed by atoms with E-state index in [0.717, 1.165) is 0 Å². The Kier molecular flexibility index (Phi) is 16.7. The third kappa shape index (κ3) is 13.9. The highest BCUT2D eigenvalue weighted by atomic mass is 16.4. The van der Waals surface area contributed by atoms with Gasteiger partial charge in [-0.05, 0) is 6.92 Å². The van der Waals surface area contributed by atoms with E-state index in [1.807, 2.05) is 0 Å². The quantitative estimate of drug-likeness (QED) is 0.244. The first-order chi connectivity index (χ1) is 6.76. The molecule has 0 aliphatic rings. The van der Waals surface area contributed by atoms with E-state index in [1.54, 1.807) is 4.90 Å². The van der Waals surface area contributed by atoms with Crippen LogP contribution in [0.5, 0.6) is 0 Å². The lowest BCUT2D eigenvalue weighted by Gasteiger charge is -2.17. The zero-order chi connectivity index (χ0) is 11.2. The average molecular weight is 207 g/mol. The summed E-state index contributed by atoms with van der Waals surface area (Å²) in [5, 5.41) is 35.3. The summed E-state index contributed by atoms with van der Waals surface area (Å²) >= 11 is 0. The summed E-state index contributed by atoms with van der Waals surface area (Å²) in [5.74, 6) is 0. The highest BCUT2D eigenvalue weighted by Gasteiger charge is 2.00. The van der Waals surface area contributed by atoms with E-state index in [0.29, 0.717) is 19.6 Å². The molecule has 1 radical (unpaired) electrons. The SMILES string of the molecule is C[C]=NO.OCCN(CCO)CCO. The second-order valence-corrected chi connectivity index (χ2v) is 2.34. The predicted molar refractivity (Wildman–Crippen MR) is 52.6 cm³/mol. The summed E-state index contributed by atoms with van der Waals surface area (Å²) in [6.07, 6.45) is 2.11. The standard InChI is InChI=1S/C6H15NO3.C2H4NO/c8-4-1-7(2-5-9)3-6-10;1-2-3-4/h8-10H,1-6H2;4H,1H3. The van der Waals surface area contributed by atoms with Crippen molar-refractivity contribution >= 4 is 6.21 Å². The Morgan fingerprint density at radius 1 is 1.00 bits per heavy atom. The van der Waals surface area contributed by atoms with Crippen molar-refractivity contribution in [3.8, 4) is 0 Å². The van der Waals surface area contributed by atoms with Gasteiger partial charge in [-0.2, -0.15) is 0 Å². The maximum Gasteiger partial charge on any atom is 0.101 e. The summed E-state index contributed by atoms with van der Waals surface area (Å²) in [4.78, 5) is 1.79. The average Bonchev–Trinajstić information content (AvgIpc) is 2.20. The minimum Gasteiger partial charge on any atom is -0.411 e. The zero-order valence-corrected chi connectivity index (χ0v) is 8.43. The van der Waals surface area contributed by atoms with Crippen LogP contribution in [0.2, 0.25) is 0 Å². The Morgan fingerprint density at radius 2 is 1.29 bits per heavy atom. The third-order valence-electron chi connectivity index (χ3n) is 1.35. The number of nitrogens with zero attached hydrogens (tertiary/aromatic N) is 2. The van der Waals surface area contributed by atoms with E-state index in [2.05, 4.69) is 11.4 Å². The number of hydrogen-bond donors (Lipinski definition) is 4. The van der Waals surface area contributed by atoms with Gasteiger partial charge >= 0.3 is 0 Å². The Labute approximate surface area is 84.1 Å². The van der Waals surface area contributed by atoms with Crippen LogP contribution in [0.3, 0.4) is 0 Å². The number of aliphatic hydroxyl groups is 3. The maximum atomic E-state index is 8.48. The van der Waals surface area contributed by atoms with E-state index in [-0.39, 0.29) is 19.8 Å². The molecule has 0 unspecified atom stereocenters. The van der Waals surface area contributed by atoms with E-state index in [9.17, 15) is 0 Å². The van der Waals surface area contributed by atoms with Crippen LogP contribution in [0, 0.1) is 0 Å². The highest BCUT2D eigenvalue weighted by molar-refractivity contribution is 5.51. The van der Waals surface area contributed by atoms with Crippen molar-refractivity contribution in [1.82, 2.24) is 4.90 Å². The Balaban J connectivity index is 0. The number of rotatable bonds is 6. The van der Waals surface area contributed by atoms with Crippen molar-refractivity contribution in [2.75, 3.05) is 39.5 Å².